The molecular weight excluding hydrogens is 370 g/mol. The Morgan fingerprint density at radius 2 is 1.96 bits per heavy atom. The third-order valence-electron chi connectivity index (χ3n) is 4.87. The molecule has 0 bridgehead atoms. The molecule has 0 radical (unpaired) electrons. The Bertz CT molecular complexity index is 826. The van der Waals surface area contributed by atoms with Crippen molar-refractivity contribution in [3.05, 3.63) is 40.6 Å². The monoisotopic (exact) mass is 391 g/mol. The molecule has 1 aromatic heterocycles. The van der Waals surface area contributed by atoms with Gasteiger partial charge in [-0.15, -0.1) is 0 Å². The van der Waals surface area contributed by atoms with Gasteiger partial charge in [-0.3, -0.25) is 10.1 Å². The molecule has 5 nitrogen and oxygen atoms in total. The summed E-state index contributed by atoms with van der Waals surface area (Å²) < 4.78 is 5.27. The van der Waals surface area contributed by atoms with E-state index in [4.69, 9.17) is 28.3 Å². The number of aromatic nitrogens is 1. The van der Waals surface area contributed by atoms with Gasteiger partial charge in [0.2, 0.25) is 0 Å². The largest absolute Gasteiger partial charge is 0.360 e. The number of halogens is 1. The van der Waals surface area contributed by atoms with Crippen molar-refractivity contribution in [3.8, 4) is 11.3 Å². The molecule has 2 aromatic rings. The molecule has 1 aliphatic heterocycles. The molecule has 0 aliphatic carbocycles. The molecule has 138 valence electrons. The second-order valence-electron chi connectivity index (χ2n) is 6.74. The third-order valence-corrected chi connectivity index (χ3v) is 5.51. The first-order chi connectivity index (χ1) is 12.4. The van der Waals surface area contributed by atoms with Crippen LogP contribution in [0.15, 0.2) is 28.8 Å². The standard InChI is InChI=1S/C19H22ClN3O2S/c1-11-7-6-8-12(2)23(11)19(26)21-18(24)16-13(3)25-22-17(16)14-9-4-5-10-15(14)20/h4-5,9-12H,6-8H2,1-3H3,(H,21,24,26). The summed E-state index contributed by atoms with van der Waals surface area (Å²) in [5, 5.41) is 7.85. The fraction of sp³-hybridized carbons (Fsp3) is 0.421. The van der Waals surface area contributed by atoms with E-state index in [0.29, 0.717) is 44.8 Å². The number of hydrogen-bond donors (Lipinski definition) is 1. The predicted molar refractivity (Wildman–Crippen MR) is 106 cm³/mol. The lowest BCUT2D eigenvalue weighted by molar-refractivity contribution is 0.0965. The summed E-state index contributed by atoms with van der Waals surface area (Å²) in [6.07, 6.45) is 3.31. The summed E-state index contributed by atoms with van der Waals surface area (Å²) >= 11 is 11.8. The van der Waals surface area contributed by atoms with E-state index in [-0.39, 0.29) is 5.91 Å². The second kappa shape index (κ2) is 7.76. The van der Waals surface area contributed by atoms with Crippen LogP contribution in [0.3, 0.4) is 0 Å². The number of aryl methyl sites for hydroxylation is 1. The highest BCUT2D eigenvalue weighted by Crippen LogP contribution is 2.31. The van der Waals surface area contributed by atoms with Crippen LogP contribution in [-0.4, -0.2) is 33.2 Å². The normalized spacial score (nSPS) is 20.1. The van der Waals surface area contributed by atoms with E-state index in [1.165, 1.54) is 6.42 Å². The van der Waals surface area contributed by atoms with E-state index in [9.17, 15) is 4.79 Å². The maximum atomic E-state index is 12.9. The average molecular weight is 392 g/mol. The van der Waals surface area contributed by atoms with Crippen LogP contribution in [0.4, 0.5) is 0 Å². The van der Waals surface area contributed by atoms with Gasteiger partial charge >= 0.3 is 0 Å². The van der Waals surface area contributed by atoms with Crippen LogP contribution < -0.4 is 5.32 Å². The van der Waals surface area contributed by atoms with Crippen molar-refractivity contribution >= 4 is 34.8 Å². The van der Waals surface area contributed by atoms with Gasteiger partial charge in [-0.05, 0) is 58.3 Å². The van der Waals surface area contributed by atoms with Crippen molar-refractivity contribution < 1.29 is 9.32 Å². The Labute approximate surface area is 163 Å². The highest BCUT2D eigenvalue weighted by Gasteiger charge is 2.29. The van der Waals surface area contributed by atoms with Crippen LogP contribution >= 0.6 is 23.8 Å². The SMILES string of the molecule is Cc1onc(-c2ccccc2Cl)c1C(=O)NC(=S)N1C(C)CCCC1C. The number of nitrogens with zero attached hydrogens (tertiary/aromatic N) is 2. The van der Waals surface area contributed by atoms with E-state index in [2.05, 4.69) is 29.2 Å². The Morgan fingerprint density at radius 3 is 2.62 bits per heavy atom. The zero-order chi connectivity index (χ0) is 18.8. The van der Waals surface area contributed by atoms with E-state index in [1.807, 2.05) is 18.2 Å². The predicted octanol–water partition coefficient (Wildman–Crippen LogP) is 4.58. The first kappa shape index (κ1) is 18.9. The average Bonchev–Trinajstić information content (AvgIpc) is 2.96. The summed E-state index contributed by atoms with van der Waals surface area (Å²) in [4.78, 5) is 15.0. The van der Waals surface area contributed by atoms with E-state index < -0.39 is 0 Å². The van der Waals surface area contributed by atoms with Crippen molar-refractivity contribution in [3.63, 3.8) is 0 Å². The Morgan fingerprint density at radius 1 is 1.31 bits per heavy atom. The smallest absolute Gasteiger partial charge is 0.263 e. The van der Waals surface area contributed by atoms with Crippen molar-refractivity contribution in [2.75, 3.05) is 0 Å². The summed E-state index contributed by atoms with van der Waals surface area (Å²) in [6.45, 7) is 5.97. The lowest BCUT2D eigenvalue weighted by Gasteiger charge is -2.40. The van der Waals surface area contributed by atoms with Crippen LogP contribution in [0.2, 0.25) is 5.02 Å². The highest BCUT2D eigenvalue weighted by atomic mass is 35.5. The molecular formula is C19H22ClN3O2S. The van der Waals surface area contributed by atoms with Crippen LogP contribution in [-0.2, 0) is 0 Å². The Hall–Kier alpha value is -1.92. The maximum absolute atomic E-state index is 12.9. The lowest BCUT2D eigenvalue weighted by atomic mass is 9.98. The summed E-state index contributed by atoms with van der Waals surface area (Å²) in [7, 11) is 0. The molecule has 7 heteroatoms. The van der Waals surface area contributed by atoms with Crippen LogP contribution in [0.25, 0.3) is 11.3 Å². The number of likely N-dealkylation sites (tertiary alicyclic amines) is 1. The molecule has 1 amide bonds. The van der Waals surface area contributed by atoms with Crippen molar-refractivity contribution in [1.29, 1.82) is 0 Å². The van der Waals surface area contributed by atoms with Crippen molar-refractivity contribution in [2.24, 2.45) is 0 Å². The van der Waals surface area contributed by atoms with Gasteiger partial charge in [-0.1, -0.05) is 35.0 Å². The quantitative estimate of drug-likeness (QED) is 0.759. The summed E-state index contributed by atoms with van der Waals surface area (Å²) in [5.41, 5.74) is 1.44. The fourth-order valence-electron chi connectivity index (χ4n) is 3.52. The van der Waals surface area contributed by atoms with Gasteiger partial charge < -0.3 is 9.42 Å². The molecule has 1 saturated heterocycles. The molecule has 3 rings (SSSR count). The topological polar surface area (TPSA) is 58.4 Å². The number of rotatable bonds is 2. The van der Waals surface area contributed by atoms with Crippen LogP contribution in [0, 0.1) is 6.92 Å². The molecule has 1 aromatic carbocycles. The zero-order valence-electron chi connectivity index (χ0n) is 15.1. The number of carbonyl (C=O) groups excluding carboxylic acids is 1. The molecule has 2 unspecified atom stereocenters. The van der Waals surface area contributed by atoms with E-state index in [0.717, 1.165) is 12.8 Å². The molecule has 2 heterocycles. The zero-order valence-corrected chi connectivity index (χ0v) is 16.7. The lowest BCUT2D eigenvalue weighted by Crippen LogP contribution is -2.52. The number of hydrogen-bond acceptors (Lipinski definition) is 4. The third kappa shape index (κ3) is 3.62. The molecule has 1 aliphatic rings. The van der Waals surface area contributed by atoms with E-state index >= 15 is 0 Å². The maximum Gasteiger partial charge on any atom is 0.263 e. The van der Waals surface area contributed by atoms with Crippen molar-refractivity contribution in [1.82, 2.24) is 15.4 Å². The minimum Gasteiger partial charge on any atom is -0.360 e. The van der Waals surface area contributed by atoms with Crippen LogP contribution in [0.5, 0.6) is 0 Å². The molecule has 0 spiro atoms. The molecule has 1 fully saturated rings. The minimum atomic E-state index is -0.325. The fourth-order valence-corrected chi connectivity index (χ4v) is 4.20. The highest BCUT2D eigenvalue weighted by molar-refractivity contribution is 7.80. The van der Waals surface area contributed by atoms with Gasteiger partial charge in [0.25, 0.3) is 5.91 Å². The summed E-state index contributed by atoms with van der Waals surface area (Å²) in [5.74, 6) is 0.105. The molecule has 2 atom stereocenters. The number of thiocarbonyl (C=S) groups is 1. The first-order valence-corrected chi connectivity index (χ1v) is 9.53. The minimum absolute atomic E-state index is 0.304. The van der Waals surface area contributed by atoms with E-state index in [1.54, 1.807) is 13.0 Å². The first-order valence-electron chi connectivity index (χ1n) is 8.75. The Kier molecular flexibility index (Phi) is 5.63. The van der Waals surface area contributed by atoms with Gasteiger partial charge in [-0.2, -0.15) is 0 Å². The number of nitrogens with one attached hydrogen (secondary N) is 1. The number of carbonyl (C=O) groups is 1. The van der Waals surface area contributed by atoms with Crippen molar-refractivity contribution in [2.45, 2.75) is 52.1 Å². The van der Waals surface area contributed by atoms with Gasteiger partial charge in [0, 0.05) is 17.6 Å². The molecule has 1 N–H and O–H groups in total. The molecule has 0 saturated carbocycles. The Balaban J connectivity index is 1.86. The van der Waals surface area contributed by atoms with Gasteiger partial charge in [0.05, 0.1) is 5.02 Å². The molecule has 26 heavy (non-hydrogen) atoms. The number of benzene rings is 1. The summed E-state index contributed by atoms with van der Waals surface area (Å²) in [6, 6.07) is 7.84. The number of amides is 1. The second-order valence-corrected chi connectivity index (χ2v) is 7.53. The number of piperidine rings is 1. The van der Waals surface area contributed by atoms with Gasteiger partial charge in [0.1, 0.15) is 17.0 Å². The van der Waals surface area contributed by atoms with Crippen LogP contribution in [0.1, 0.15) is 49.2 Å². The van der Waals surface area contributed by atoms with Gasteiger partial charge in [-0.25, -0.2) is 0 Å². The van der Waals surface area contributed by atoms with Gasteiger partial charge in [0.15, 0.2) is 5.11 Å².